The van der Waals surface area contributed by atoms with Crippen LogP contribution in [0.25, 0.3) is 10.8 Å². The SMILES string of the molecule is Bc1ccc2ccccc2c1C=O. The minimum absolute atomic E-state index is 0.804. The lowest BCUT2D eigenvalue weighted by atomic mass is 9.88. The van der Waals surface area contributed by atoms with E-state index in [2.05, 4.69) is 0 Å². The van der Waals surface area contributed by atoms with E-state index in [-0.39, 0.29) is 0 Å². The number of rotatable bonds is 1. The first kappa shape index (κ1) is 8.05. The maximum absolute atomic E-state index is 10.8. The monoisotopic (exact) mass is 168 g/mol. The van der Waals surface area contributed by atoms with Crippen LogP contribution in [-0.2, 0) is 0 Å². The van der Waals surface area contributed by atoms with Gasteiger partial charge in [0.2, 0.25) is 0 Å². The topological polar surface area (TPSA) is 17.1 Å². The van der Waals surface area contributed by atoms with Crippen LogP contribution in [-0.4, -0.2) is 14.1 Å². The molecule has 0 aliphatic carbocycles. The largest absolute Gasteiger partial charge is 0.298 e. The van der Waals surface area contributed by atoms with Crippen LogP contribution in [0.4, 0.5) is 0 Å². The van der Waals surface area contributed by atoms with Crippen molar-refractivity contribution in [3.05, 3.63) is 42.0 Å². The van der Waals surface area contributed by atoms with Crippen molar-refractivity contribution in [2.75, 3.05) is 0 Å². The van der Waals surface area contributed by atoms with Gasteiger partial charge in [0, 0.05) is 5.56 Å². The van der Waals surface area contributed by atoms with E-state index in [9.17, 15) is 4.79 Å². The summed E-state index contributed by atoms with van der Waals surface area (Å²) in [6.45, 7) is 0. The Labute approximate surface area is 77.8 Å². The lowest BCUT2D eigenvalue weighted by molar-refractivity contribution is 0.112. The van der Waals surface area contributed by atoms with Crippen LogP contribution in [0.1, 0.15) is 10.4 Å². The molecule has 0 heterocycles. The molecule has 2 aromatic rings. The quantitative estimate of drug-likeness (QED) is 0.456. The molecule has 62 valence electrons. The molecule has 2 heteroatoms. The van der Waals surface area contributed by atoms with Gasteiger partial charge in [-0.1, -0.05) is 41.9 Å². The van der Waals surface area contributed by atoms with Gasteiger partial charge in [-0.25, -0.2) is 0 Å². The molecular weight excluding hydrogens is 159 g/mol. The van der Waals surface area contributed by atoms with Gasteiger partial charge in [0.15, 0.2) is 0 Å². The first-order chi connectivity index (χ1) is 6.33. The summed E-state index contributed by atoms with van der Waals surface area (Å²) >= 11 is 0. The Hall–Kier alpha value is -1.57. The summed E-state index contributed by atoms with van der Waals surface area (Å²) in [4.78, 5) is 10.8. The summed E-state index contributed by atoms with van der Waals surface area (Å²) in [7, 11) is 1.95. The van der Waals surface area contributed by atoms with Crippen LogP contribution >= 0.6 is 0 Å². The third-order valence-corrected chi connectivity index (χ3v) is 2.31. The molecule has 1 nitrogen and oxygen atoms in total. The molecule has 2 aromatic carbocycles. The molecule has 0 aliphatic rings. The molecule has 0 unspecified atom stereocenters. The Kier molecular flexibility index (Phi) is 1.89. The van der Waals surface area contributed by atoms with E-state index < -0.39 is 0 Å². The summed E-state index contributed by atoms with van der Waals surface area (Å²) in [5.41, 5.74) is 1.84. The number of hydrogen-bond donors (Lipinski definition) is 0. The summed E-state index contributed by atoms with van der Waals surface area (Å²) in [5.74, 6) is 0. The van der Waals surface area contributed by atoms with E-state index >= 15 is 0 Å². The lowest BCUT2D eigenvalue weighted by Crippen LogP contribution is -2.09. The smallest absolute Gasteiger partial charge is 0.150 e. The highest BCUT2D eigenvalue weighted by atomic mass is 16.1. The maximum Gasteiger partial charge on any atom is 0.150 e. The third kappa shape index (κ3) is 1.24. The molecule has 0 bridgehead atoms. The Morgan fingerprint density at radius 1 is 1.08 bits per heavy atom. The van der Waals surface area contributed by atoms with Crippen molar-refractivity contribution in [1.82, 2.24) is 0 Å². The molecule has 0 fully saturated rings. The zero-order valence-electron chi connectivity index (χ0n) is 7.45. The Bertz CT molecular complexity index is 463. The highest BCUT2D eigenvalue weighted by Crippen LogP contribution is 2.14. The Morgan fingerprint density at radius 3 is 2.62 bits per heavy atom. The van der Waals surface area contributed by atoms with Crippen LogP contribution in [0.15, 0.2) is 36.4 Å². The van der Waals surface area contributed by atoms with Crippen LogP contribution in [0.2, 0.25) is 0 Å². The minimum Gasteiger partial charge on any atom is -0.298 e. The van der Waals surface area contributed by atoms with Gasteiger partial charge in [0.25, 0.3) is 0 Å². The van der Waals surface area contributed by atoms with E-state index in [1.807, 2.05) is 44.2 Å². The third-order valence-electron chi connectivity index (χ3n) is 2.31. The number of carbonyl (C=O) groups excluding carboxylic acids is 1. The summed E-state index contributed by atoms with van der Waals surface area (Å²) in [6.07, 6.45) is 0.928. The Morgan fingerprint density at radius 2 is 1.85 bits per heavy atom. The number of hydrogen-bond acceptors (Lipinski definition) is 1. The molecule has 0 aliphatic heterocycles. The van der Waals surface area contributed by atoms with Gasteiger partial charge in [-0.3, -0.25) is 4.79 Å². The normalized spacial score (nSPS) is 10.2. The van der Waals surface area contributed by atoms with E-state index in [1.54, 1.807) is 0 Å². The zero-order valence-corrected chi connectivity index (χ0v) is 7.45. The first-order valence-electron chi connectivity index (χ1n) is 4.26. The predicted molar refractivity (Wildman–Crippen MR) is 57.5 cm³/mol. The second-order valence-electron chi connectivity index (χ2n) is 3.14. The molecule has 13 heavy (non-hydrogen) atoms. The number of aldehydes is 1. The summed E-state index contributed by atoms with van der Waals surface area (Å²) in [5, 5.41) is 2.16. The van der Waals surface area contributed by atoms with Crippen molar-refractivity contribution >= 4 is 30.4 Å². The molecule has 2 rings (SSSR count). The van der Waals surface area contributed by atoms with Crippen molar-refractivity contribution in [3.8, 4) is 0 Å². The molecule has 0 N–H and O–H groups in total. The second kappa shape index (κ2) is 3.06. The molecule has 0 radical (unpaired) electrons. The van der Waals surface area contributed by atoms with Gasteiger partial charge in [0.05, 0.1) is 0 Å². The highest BCUT2D eigenvalue weighted by molar-refractivity contribution is 6.37. The summed E-state index contributed by atoms with van der Waals surface area (Å²) < 4.78 is 0. The predicted octanol–water partition coefficient (Wildman–Crippen LogP) is 0.911. The van der Waals surface area contributed by atoms with E-state index in [1.165, 1.54) is 0 Å². The maximum atomic E-state index is 10.8. The molecule has 0 saturated carbocycles. The number of benzene rings is 2. The van der Waals surface area contributed by atoms with Crippen LogP contribution in [0, 0.1) is 0 Å². The molecule has 0 spiro atoms. The fourth-order valence-corrected chi connectivity index (χ4v) is 1.56. The molecule has 0 aromatic heterocycles. The summed E-state index contributed by atoms with van der Waals surface area (Å²) in [6, 6.07) is 11.9. The van der Waals surface area contributed by atoms with Crippen molar-refractivity contribution in [1.29, 1.82) is 0 Å². The van der Waals surface area contributed by atoms with E-state index in [0.29, 0.717) is 0 Å². The standard InChI is InChI=1S/C11H9BO/c12-11-6-5-8-3-1-2-4-9(8)10(11)7-13/h1-7H,12H2. The molecule has 0 saturated heterocycles. The average Bonchev–Trinajstić information content (AvgIpc) is 2.18. The van der Waals surface area contributed by atoms with Crippen LogP contribution < -0.4 is 5.46 Å². The lowest BCUT2D eigenvalue weighted by Gasteiger charge is -2.03. The number of fused-ring (bicyclic) bond motifs is 1. The van der Waals surface area contributed by atoms with Gasteiger partial charge < -0.3 is 0 Å². The van der Waals surface area contributed by atoms with Crippen molar-refractivity contribution in [2.45, 2.75) is 0 Å². The van der Waals surface area contributed by atoms with Crippen LogP contribution in [0.5, 0.6) is 0 Å². The van der Waals surface area contributed by atoms with Gasteiger partial charge in [-0.2, -0.15) is 0 Å². The molecule has 0 atom stereocenters. The average molecular weight is 168 g/mol. The first-order valence-corrected chi connectivity index (χ1v) is 4.26. The van der Waals surface area contributed by atoms with Gasteiger partial charge in [-0.05, 0) is 10.8 Å². The van der Waals surface area contributed by atoms with Crippen molar-refractivity contribution < 1.29 is 4.79 Å². The van der Waals surface area contributed by atoms with E-state index in [4.69, 9.17) is 0 Å². The van der Waals surface area contributed by atoms with E-state index in [0.717, 1.165) is 28.1 Å². The van der Waals surface area contributed by atoms with Gasteiger partial charge in [0.1, 0.15) is 14.1 Å². The fourth-order valence-electron chi connectivity index (χ4n) is 1.56. The minimum atomic E-state index is 0.804. The number of carbonyl (C=O) groups is 1. The second-order valence-corrected chi connectivity index (χ2v) is 3.14. The van der Waals surface area contributed by atoms with Crippen molar-refractivity contribution in [2.24, 2.45) is 0 Å². The molecule has 0 amide bonds. The molecular formula is C11H9BO. The van der Waals surface area contributed by atoms with Gasteiger partial charge >= 0.3 is 0 Å². The fraction of sp³-hybridized carbons (Fsp3) is 0. The Balaban J connectivity index is 2.91. The van der Waals surface area contributed by atoms with Crippen LogP contribution in [0.3, 0.4) is 0 Å². The highest BCUT2D eigenvalue weighted by Gasteiger charge is 2.01. The van der Waals surface area contributed by atoms with Gasteiger partial charge in [-0.15, -0.1) is 0 Å². The van der Waals surface area contributed by atoms with Crippen molar-refractivity contribution in [3.63, 3.8) is 0 Å². The zero-order chi connectivity index (χ0) is 9.26.